The lowest BCUT2D eigenvalue weighted by atomic mass is 10.1. The van der Waals surface area contributed by atoms with Gasteiger partial charge >= 0.3 is 0 Å². The number of aromatic amines is 1. The van der Waals surface area contributed by atoms with Crippen LogP contribution in [0.1, 0.15) is 12.5 Å². The Morgan fingerprint density at radius 2 is 2.07 bits per heavy atom. The van der Waals surface area contributed by atoms with E-state index in [-0.39, 0.29) is 5.91 Å². The predicted octanol–water partition coefficient (Wildman–Crippen LogP) is 4.17. The molecule has 0 aliphatic carbocycles. The average Bonchev–Trinajstić information content (AvgIpc) is 3.11. The number of para-hydroxylation sites is 1. The molecule has 28 heavy (non-hydrogen) atoms. The van der Waals surface area contributed by atoms with E-state index in [9.17, 15) is 9.18 Å². The zero-order valence-corrected chi connectivity index (χ0v) is 15.4. The molecule has 2 atom stereocenters. The molecule has 5 nitrogen and oxygen atoms in total. The van der Waals surface area contributed by atoms with E-state index in [1.807, 2.05) is 54.7 Å². The summed E-state index contributed by atoms with van der Waals surface area (Å²) >= 11 is 0. The number of rotatable bonds is 4. The molecule has 0 spiro atoms. The molecule has 0 fully saturated rings. The fourth-order valence-corrected chi connectivity index (χ4v) is 3.30. The first-order chi connectivity index (χ1) is 13.5. The Bertz CT molecular complexity index is 1080. The van der Waals surface area contributed by atoms with Crippen LogP contribution in [0.15, 0.2) is 73.0 Å². The molecule has 0 radical (unpaired) electrons. The number of nitrogens with two attached hydrogens (primary N) is 1. The molecule has 1 aliphatic heterocycles. The van der Waals surface area contributed by atoms with Crippen LogP contribution in [0.4, 0.5) is 15.8 Å². The zero-order chi connectivity index (χ0) is 19.7. The van der Waals surface area contributed by atoms with Gasteiger partial charge in [0.15, 0.2) is 6.30 Å². The van der Waals surface area contributed by atoms with Crippen LogP contribution in [0.3, 0.4) is 0 Å². The molecule has 1 amide bonds. The number of aromatic nitrogens is 1. The van der Waals surface area contributed by atoms with Gasteiger partial charge in [-0.2, -0.15) is 0 Å². The molecule has 1 aromatic heterocycles. The van der Waals surface area contributed by atoms with E-state index in [2.05, 4.69) is 10.3 Å². The second-order valence-corrected chi connectivity index (χ2v) is 6.76. The molecule has 142 valence electrons. The molecule has 4 rings (SSSR count). The number of nitrogens with zero attached hydrogens (tertiary/aromatic N) is 1. The van der Waals surface area contributed by atoms with Crippen LogP contribution in [-0.4, -0.2) is 23.2 Å². The van der Waals surface area contributed by atoms with Crippen molar-refractivity contribution in [3.05, 3.63) is 78.5 Å². The number of carbonyl (C=O) groups is 1. The molecule has 3 aromatic rings. The highest BCUT2D eigenvalue weighted by Gasteiger charge is 2.26. The molecule has 4 N–H and O–H groups in total. The van der Waals surface area contributed by atoms with Gasteiger partial charge in [0.1, 0.15) is 0 Å². The van der Waals surface area contributed by atoms with Crippen molar-refractivity contribution in [2.45, 2.75) is 19.3 Å². The Morgan fingerprint density at radius 3 is 2.89 bits per heavy atom. The third-order valence-electron chi connectivity index (χ3n) is 4.70. The molecule has 2 unspecified atom stereocenters. The number of amides is 1. The zero-order valence-electron chi connectivity index (χ0n) is 15.4. The number of hydrogen-bond acceptors (Lipinski definition) is 3. The number of benzene rings is 2. The normalized spacial score (nSPS) is 17.5. The molecule has 0 saturated carbocycles. The van der Waals surface area contributed by atoms with E-state index in [0.717, 1.165) is 22.2 Å². The van der Waals surface area contributed by atoms with Crippen molar-refractivity contribution in [3.8, 4) is 0 Å². The number of nitrogens with one attached hydrogen (secondary N) is 2. The van der Waals surface area contributed by atoms with E-state index in [4.69, 9.17) is 5.73 Å². The van der Waals surface area contributed by atoms with Gasteiger partial charge in [-0.25, -0.2) is 4.39 Å². The number of fused-ring (bicyclic) bond motifs is 1. The van der Waals surface area contributed by atoms with Gasteiger partial charge in [0.2, 0.25) is 5.91 Å². The largest absolute Gasteiger partial charge is 0.359 e. The molecule has 0 saturated heterocycles. The standard InChI is InChI=1S/C22H21FN4O/c1-14(24)22(28)26-16-7-4-6-15(12-16)19-10-5-11-21(23)27(19)20-13-25-18-9-3-2-8-17(18)20/h2-14,21,25H,24H2,1H3,(H,26,28). The van der Waals surface area contributed by atoms with E-state index in [1.165, 1.54) is 6.08 Å². The first-order valence-electron chi connectivity index (χ1n) is 9.09. The summed E-state index contributed by atoms with van der Waals surface area (Å²) in [7, 11) is 0. The molecule has 0 bridgehead atoms. The van der Waals surface area contributed by atoms with Crippen LogP contribution in [0, 0.1) is 0 Å². The lowest BCUT2D eigenvalue weighted by Crippen LogP contribution is -2.32. The number of anilines is 2. The van der Waals surface area contributed by atoms with Gasteiger partial charge in [-0.3, -0.25) is 4.79 Å². The number of halogens is 1. The van der Waals surface area contributed by atoms with Crippen molar-refractivity contribution in [3.63, 3.8) is 0 Å². The summed E-state index contributed by atoms with van der Waals surface area (Å²) < 4.78 is 15.0. The quantitative estimate of drug-likeness (QED) is 0.599. The van der Waals surface area contributed by atoms with Crippen molar-refractivity contribution in [1.29, 1.82) is 0 Å². The number of allylic oxidation sites excluding steroid dienone is 2. The van der Waals surface area contributed by atoms with E-state index in [0.29, 0.717) is 11.4 Å². The van der Waals surface area contributed by atoms with Gasteiger partial charge in [0.05, 0.1) is 17.4 Å². The topological polar surface area (TPSA) is 74.2 Å². The maximum absolute atomic E-state index is 15.0. The summed E-state index contributed by atoms with van der Waals surface area (Å²) in [4.78, 5) is 16.8. The second kappa shape index (κ2) is 7.32. The van der Waals surface area contributed by atoms with Gasteiger partial charge in [0.25, 0.3) is 0 Å². The van der Waals surface area contributed by atoms with Crippen LogP contribution in [0.2, 0.25) is 0 Å². The summed E-state index contributed by atoms with van der Waals surface area (Å²) in [5.74, 6) is -0.272. The van der Waals surface area contributed by atoms with Crippen molar-refractivity contribution in [2.75, 3.05) is 10.2 Å². The summed E-state index contributed by atoms with van der Waals surface area (Å²) in [6.45, 7) is 1.63. The fraction of sp³-hybridized carbons (Fsp3) is 0.136. The van der Waals surface area contributed by atoms with Crippen molar-refractivity contribution < 1.29 is 9.18 Å². The number of hydrogen-bond donors (Lipinski definition) is 3. The summed E-state index contributed by atoms with van der Waals surface area (Å²) in [6, 6.07) is 14.5. The van der Waals surface area contributed by atoms with Gasteiger partial charge in [0, 0.05) is 28.4 Å². The van der Waals surface area contributed by atoms with Crippen LogP contribution in [0.25, 0.3) is 16.6 Å². The van der Waals surface area contributed by atoms with Crippen LogP contribution >= 0.6 is 0 Å². The first-order valence-corrected chi connectivity index (χ1v) is 9.09. The molecule has 1 aliphatic rings. The summed E-state index contributed by atoms with van der Waals surface area (Å²) in [6.07, 6.45) is 5.59. The highest BCUT2D eigenvalue weighted by molar-refractivity contribution is 5.99. The smallest absolute Gasteiger partial charge is 0.240 e. The average molecular weight is 376 g/mol. The minimum atomic E-state index is -1.30. The Morgan fingerprint density at radius 1 is 1.25 bits per heavy atom. The molecule has 2 aromatic carbocycles. The Balaban J connectivity index is 1.74. The van der Waals surface area contributed by atoms with Crippen LogP contribution in [-0.2, 0) is 4.79 Å². The Hall–Kier alpha value is -3.38. The van der Waals surface area contributed by atoms with Crippen LogP contribution < -0.4 is 16.0 Å². The SMILES string of the molecule is CC(N)C(=O)Nc1cccc(C2=CC=CC(F)N2c2c[nH]c3ccccc23)c1. The predicted molar refractivity (Wildman–Crippen MR) is 112 cm³/mol. The van der Waals surface area contributed by atoms with Crippen molar-refractivity contribution in [2.24, 2.45) is 5.73 Å². The van der Waals surface area contributed by atoms with Gasteiger partial charge in [-0.1, -0.05) is 36.4 Å². The van der Waals surface area contributed by atoms with Crippen molar-refractivity contribution >= 4 is 33.9 Å². The highest BCUT2D eigenvalue weighted by Crippen LogP contribution is 2.37. The first kappa shape index (κ1) is 18.0. The lowest BCUT2D eigenvalue weighted by molar-refractivity contribution is -0.117. The van der Waals surface area contributed by atoms with Gasteiger partial charge in [-0.15, -0.1) is 0 Å². The minimum absolute atomic E-state index is 0.272. The molecule has 6 heteroatoms. The Kier molecular flexibility index (Phi) is 4.71. The molecular weight excluding hydrogens is 355 g/mol. The number of carbonyl (C=O) groups excluding carboxylic acids is 1. The maximum atomic E-state index is 15.0. The third kappa shape index (κ3) is 3.30. The fourth-order valence-electron chi connectivity index (χ4n) is 3.30. The summed E-state index contributed by atoms with van der Waals surface area (Å²) in [5, 5.41) is 3.72. The lowest BCUT2D eigenvalue weighted by Gasteiger charge is -2.31. The highest BCUT2D eigenvalue weighted by atomic mass is 19.1. The Labute approximate surface area is 162 Å². The van der Waals surface area contributed by atoms with Gasteiger partial charge < -0.3 is 20.9 Å². The van der Waals surface area contributed by atoms with E-state index >= 15 is 0 Å². The van der Waals surface area contributed by atoms with E-state index in [1.54, 1.807) is 24.0 Å². The molecule has 2 heterocycles. The van der Waals surface area contributed by atoms with Crippen LogP contribution in [0.5, 0.6) is 0 Å². The van der Waals surface area contributed by atoms with E-state index < -0.39 is 12.3 Å². The maximum Gasteiger partial charge on any atom is 0.240 e. The molecular formula is C22H21FN4O. The van der Waals surface area contributed by atoms with Gasteiger partial charge in [-0.05, 0) is 37.3 Å². The monoisotopic (exact) mass is 376 g/mol. The van der Waals surface area contributed by atoms with Crippen molar-refractivity contribution in [1.82, 2.24) is 4.98 Å². The number of alkyl halides is 1. The summed E-state index contributed by atoms with van der Waals surface area (Å²) in [5.41, 5.74) is 9.43. The number of H-pyrrole nitrogens is 1. The second-order valence-electron chi connectivity index (χ2n) is 6.76. The minimum Gasteiger partial charge on any atom is -0.359 e. The third-order valence-corrected chi connectivity index (χ3v) is 4.70.